The van der Waals surface area contributed by atoms with E-state index < -0.39 is 18.0 Å². The van der Waals surface area contributed by atoms with Gasteiger partial charge in [-0.15, -0.1) is 0 Å². The van der Waals surface area contributed by atoms with Gasteiger partial charge in [0.15, 0.2) is 0 Å². The Morgan fingerprint density at radius 1 is 1.50 bits per heavy atom. The highest BCUT2D eigenvalue weighted by molar-refractivity contribution is 5.90. The molecule has 2 amide bonds. The monoisotopic (exact) mass is 363 g/mol. The molecule has 10 heteroatoms. The molecule has 138 valence electrons. The topological polar surface area (TPSA) is 97.7 Å². The van der Waals surface area contributed by atoms with Crippen LogP contribution in [0.2, 0.25) is 0 Å². The standard InChI is InChI=1S/C16H18FN5O4/c1-11(23)18-7-13-8-22(16(24)26-13)12-2-3-15(14(17)6-12)21-5-4-20(10-21)9-19-25/h2-6,9,13,25H,7-8,10H2,1H3,(H,18,23)/b19-9-/t13-/m0/s1. The van der Waals surface area contributed by atoms with Crippen LogP contribution in [0.4, 0.5) is 20.6 Å². The summed E-state index contributed by atoms with van der Waals surface area (Å²) < 4.78 is 19.7. The molecule has 2 aliphatic heterocycles. The average molecular weight is 363 g/mol. The van der Waals surface area contributed by atoms with Gasteiger partial charge in [-0.2, -0.15) is 0 Å². The van der Waals surface area contributed by atoms with E-state index in [0.29, 0.717) is 18.0 Å². The highest BCUT2D eigenvalue weighted by Crippen LogP contribution is 2.29. The molecular weight excluding hydrogens is 345 g/mol. The maximum atomic E-state index is 14.5. The first-order valence-electron chi connectivity index (χ1n) is 7.88. The summed E-state index contributed by atoms with van der Waals surface area (Å²) in [5.74, 6) is -0.720. The molecule has 1 aromatic carbocycles. The van der Waals surface area contributed by atoms with E-state index >= 15 is 0 Å². The first-order chi connectivity index (χ1) is 12.5. The summed E-state index contributed by atoms with van der Waals surface area (Å²) in [6.45, 7) is 2.11. The van der Waals surface area contributed by atoms with Crippen molar-refractivity contribution < 1.29 is 23.9 Å². The molecule has 1 fully saturated rings. The molecule has 2 heterocycles. The third-order valence-electron chi connectivity index (χ3n) is 3.96. The van der Waals surface area contributed by atoms with E-state index in [9.17, 15) is 14.0 Å². The van der Waals surface area contributed by atoms with Crippen molar-refractivity contribution in [3.63, 3.8) is 0 Å². The lowest BCUT2D eigenvalue weighted by atomic mass is 10.2. The molecule has 0 spiro atoms. The highest BCUT2D eigenvalue weighted by atomic mass is 19.1. The second kappa shape index (κ2) is 7.30. The summed E-state index contributed by atoms with van der Waals surface area (Å²) in [4.78, 5) is 27.5. The predicted molar refractivity (Wildman–Crippen MR) is 91.3 cm³/mol. The Morgan fingerprint density at radius 3 is 3.00 bits per heavy atom. The molecule has 0 saturated carbocycles. The minimum absolute atomic E-state index is 0.207. The second-order valence-corrected chi connectivity index (χ2v) is 5.84. The SMILES string of the molecule is CC(=O)NC[C@H]1CN(c2ccc(N3C=CN(/C=N\O)C3)c(F)c2)C(=O)O1. The lowest BCUT2D eigenvalue weighted by molar-refractivity contribution is -0.119. The Bertz CT molecular complexity index is 769. The van der Waals surface area contributed by atoms with Gasteiger partial charge in [-0.25, -0.2) is 9.18 Å². The van der Waals surface area contributed by atoms with E-state index in [0.717, 1.165) is 0 Å². The fourth-order valence-corrected chi connectivity index (χ4v) is 2.73. The van der Waals surface area contributed by atoms with Crippen LogP contribution in [0.5, 0.6) is 0 Å². The molecular formula is C16H18FN5O4. The summed E-state index contributed by atoms with van der Waals surface area (Å²) in [5, 5.41) is 14.0. The zero-order chi connectivity index (χ0) is 18.7. The maximum Gasteiger partial charge on any atom is 0.414 e. The van der Waals surface area contributed by atoms with Crippen LogP contribution < -0.4 is 15.1 Å². The number of halogens is 1. The Balaban J connectivity index is 1.69. The van der Waals surface area contributed by atoms with Gasteiger partial charge in [0.2, 0.25) is 5.91 Å². The van der Waals surface area contributed by atoms with Crippen molar-refractivity contribution in [1.82, 2.24) is 10.2 Å². The summed E-state index contributed by atoms with van der Waals surface area (Å²) in [5.41, 5.74) is 0.694. The van der Waals surface area contributed by atoms with E-state index in [1.807, 2.05) is 0 Å². The fraction of sp³-hybridized carbons (Fsp3) is 0.312. The van der Waals surface area contributed by atoms with Crippen molar-refractivity contribution in [3.05, 3.63) is 36.4 Å². The molecule has 9 nitrogen and oxygen atoms in total. The van der Waals surface area contributed by atoms with Gasteiger partial charge in [0.1, 0.15) is 18.3 Å². The number of anilines is 2. The number of amides is 2. The van der Waals surface area contributed by atoms with Gasteiger partial charge in [-0.05, 0) is 18.2 Å². The Hall–Kier alpha value is -3.30. The van der Waals surface area contributed by atoms with Crippen molar-refractivity contribution in [3.8, 4) is 0 Å². The van der Waals surface area contributed by atoms with Gasteiger partial charge in [0.05, 0.1) is 31.1 Å². The van der Waals surface area contributed by atoms with Crippen molar-refractivity contribution in [1.29, 1.82) is 0 Å². The smallest absolute Gasteiger partial charge is 0.414 e. The van der Waals surface area contributed by atoms with E-state index in [2.05, 4.69) is 10.5 Å². The lowest BCUT2D eigenvalue weighted by Crippen LogP contribution is -2.33. The molecule has 2 aliphatic rings. The summed E-state index contributed by atoms with van der Waals surface area (Å²) in [6.07, 6.45) is 3.42. The first kappa shape index (κ1) is 17.5. The minimum Gasteiger partial charge on any atom is -0.442 e. The molecule has 0 bridgehead atoms. The zero-order valence-corrected chi connectivity index (χ0v) is 14.0. The number of nitrogens with one attached hydrogen (secondary N) is 1. The highest BCUT2D eigenvalue weighted by Gasteiger charge is 2.33. The van der Waals surface area contributed by atoms with Gasteiger partial charge < -0.3 is 25.1 Å². The first-order valence-corrected chi connectivity index (χ1v) is 7.88. The number of cyclic esters (lactones) is 1. The van der Waals surface area contributed by atoms with Crippen LogP contribution in [0.1, 0.15) is 6.92 Å². The Kier molecular flexibility index (Phi) is 4.92. The number of hydrogen-bond acceptors (Lipinski definition) is 6. The van der Waals surface area contributed by atoms with Gasteiger partial charge >= 0.3 is 6.09 Å². The Morgan fingerprint density at radius 2 is 2.31 bits per heavy atom. The van der Waals surface area contributed by atoms with E-state index in [1.165, 1.54) is 24.2 Å². The van der Waals surface area contributed by atoms with Crippen LogP contribution in [0.15, 0.2) is 35.8 Å². The number of benzene rings is 1. The predicted octanol–water partition coefficient (Wildman–Crippen LogP) is 1.26. The van der Waals surface area contributed by atoms with E-state index in [4.69, 9.17) is 9.94 Å². The molecule has 2 N–H and O–H groups in total. The fourth-order valence-electron chi connectivity index (χ4n) is 2.73. The number of ether oxygens (including phenoxy) is 1. The van der Waals surface area contributed by atoms with Gasteiger partial charge in [-0.3, -0.25) is 9.69 Å². The largest absolute Gasteiger partial charge is 0.442 e. The van der Waals surface area contributed by atoms with Gasteiger partial charge in [-0.1, -0.05) is 5.16 Å². The molecule has 0 aliphatic carbocycles. The number of carbonyl (C=O) groups excluding carboxylic acids is 2. The number of oxime groups is 1. The molecule has 0 radical (unpaired) electrons. The maximum absolute atomic E-state index is 14.5. The lowest BCUT2D eigenvalue weighted by Gasteiger charge is -2.20. The third-order valence-corrected chi connectivity index (χ3v) is 3.96. The molecule has 3 rings (SSSR count). The van der Waals surface area contributed by atoms with Crippen molar-refractivity contribution in [2.45, 2.75) is 13.0 Å². The molecule has 0 aromatic heterocycles. The molecule has 1 saturated heterocycles. The van der Waals surface area contributed by atoms with Crippen LogP contribution in [0, 0.1) is 5.82 Å². The van der Waals surface area contributed by atoms with Crippen molar-refractivity contribution in [2.75, 3.05) is 29.6 Å². The summed E-state index contributed by atoms with van der Waals surface area (Å²) >= 11 is 0. The summed E-state index contributed by atoms with van der Waals surface area (Å²) in [7, 11) is 0. The molecule has 26 heavy (non-hydrogen) atoms. The van der Waals surface area contributed by atoms with Crippen molar-refractivity contribution in [2.24, 2.45) is 5.16 Å². The normalized spacial score (nSPS) is 19.5. The molecule has 0 unspecified atom stereocenters. The van der Waals surface area contributed by atoms with Crippen LogP contribution in [-0.4, -0.2) is 54.3 Å². The Labute approximate surface area is 148 Å². The number of nitrogens with zero attached hydrogens (tertiary/aromatic N) is 4. The van der Waals surface area contributed by atoms with Gasteiger partial charge in [0, 0.05) is 19.3 Å². The average Bonchev–Trinajstić information content (AvgIpc) is 3.20. The summed E-state index contributed by atoms with van der Waals surface area (Å²) in [6, 6.07) is 4.44. The zero-order valence-electron chi connectivity index (χ0n) is 14.0. The molecule has 1 aromatic rings. The number of rotatable bonds is 5. The molecule has 1 atom stereocenters. The van der Waals surface area contributed by atoms with Crippen LogP contribution in [0.3, 0.4) is 0 Å². The van der Waals surface area contributed by atoms with Crippen LogP contribution in [0.25, 0.3) is 0 Å². The second-order valence-electron chi connectivity index (χ2n) is 5.84. The van der Waals surface area contributed by atoms with Crippen LogP contribution in [-0.2, 0) is 9.53 Å². The number of carbonyl (C=O) groups is 2. The number of hydrogen-bond donors (Lipinski definition) is 2. The van der Waals surface area contributed by atoms with Crippen LogP contribution >= 0.6 is 0 Å². The van der Waals surface area contributed by atoms with E-state index in [1.54, 1.807) is 34.3 Å². The van der Waals surface area contributed by atoms with Gasteiger partial charge in [0.25, 0.3) is 0 Å². The third kappa shape index (κ3) is 3.68. The van der Waals surface area contributed by atoms with Crippen molar-refractivity contribution >= 4 is 29.7 Å². The van der Waals surface area contributed by atoms with E-state index in [-0.39, 0.29) is 19.0 Å². The quantitative estimate of drug-likeness (QED) is 0.354. The minimum atomic E-state index is -0.584.